The monoisotopic (exact) mass is 415 g/mol. The number of nitrogens with one attached hydrogen (secondary N) is 1. The third-order valence-corrected chi connectivity index (χ3v) is 6.58. The first-order valence-electron chi connectivity index (χ1n) is 11.1. The zero-order valence-electron chi connectivity index (χ0n) is 18.0. The van der Waals surface area contributed by atoms with E-state index in [0.29, 0.717) is 0 Å². The summed E-state index contributed by atoms with van der Waals surface area (Å²) in [5.74, 6) is 1.13. The molecular formula is C29H25N3. The van der Waals surface area contributed by atoms with E-state index in [-0.39, 0.29) is 12.1 Å². The molecule has 0 spiro atoms. The number of aromatic nitrogens is 1. The molecule has 156 valence electrons. The van der Waals surface area contributed by atoms with E-state index in [1.54, 1.807) is 0 Å². The maximum atomic E-state index is 3.99. The minimum Gasteiger partial charge on any atom is -0.365 e. The normalized spacial score (nSPS) is 17.5. The molecule has 3 aromatic carbocycles. The van der Waals surface area contributed by atoms with Gasteiger partial charge in [0.15, 0.2) is 0 Å². The predicted octanol–water partition coefficient (Wildman–Crippen LogP) is 6.95. The molecule has 0 fully saturated rings. The van der Waals surface area contributed by atoms with Crippen LogP contribution in [0.2, 0.25) is 0 Å². The zero-order chi connectivity index (χ0) is 21.5. The average molecular weight is 416 g/mol. The highest BCUT2D eigenvalue weighted by Crippen LogP contribution is 2.49. The Morgan fingerprint density at radius 2 is 1.41 bits per heavy atom. The summed E-state index contributed by atoms with van der Waals surface area (Å²) in [6.07, 6.45) is 2.15. The van der Waals surface area contributed by atoms with Crippen LogP contribution in [-0.2, 0) is 0 Å². The Labute approximate surface area is 188 Å². The summed E-state index contributed by atoms with van der Waals surface area (Å²) >= 11 is 0. The molecule has 3 heteroatoms. The highest BCUT2D eigenvalue weighted by molar-refractivity contribution is 5.83. The van der Waals surface area contributed by atoms with Crippen LogP contribution in [0, 0.1) is 0 Å². The molecule has 1 aliphatic rings. The number of nitrogens with zero attached hydrogens (tertiary/aromatic N) is 2. The van der Waals surface area contributed by atoms with Gasteiger partial charge in [-0.1, -0.05) is 84.9 Å². The predicted molar refractivity (Wildman–Crippen MR) is 133 cm³/mol. The van der Waals surface area contributed by atoms with Crippen LogP contribution in [0.25, 0.3) is 16.6 Å². The summed E-state index contributed by atoms with van der Waals surface area (Å²) < 4.78 is 2.27. The van der Waals surface area contributed by atoms with Crippen molar-refractivity contribution in [1.82, 2.24) is 4.40 Å². The Morgan fingerprint density at radius 1 is 0.719 bits per heavy atom. The van der Waals surface area contributed by atoms with Crippen LogP contribution in [0.15, 0.2) is 115 Å². The van der Waals surface area contributed by atoms with Crippen LogP contribution in [0.5, 0.6) is 0 Å². The molecule has 0 radical (unpaired) electrons. The van der Waals surface area contributed by atoms with E-state index in [1.165, 1.54) is 33.5 Å². The number of hydrogen-bond donors (Lipinski definition) is 1. The maximum Gasteiger partial charge on any atom is 0.119 e. The summed E-state index contributed by atoms with van der Waals surface area (Å²) in [5.41, 5.74) is 7.54. The van der Waals surface area contributed by atoms with Gasteiger partial charge in [-0.25, -0.2) is 0 Å². The van der Waals surface area contributed by atoms with Crippen LogP contribution in [0.1, 0.15) is 23.2 Å². The van der Waals surface area contributed by atoms with Gasteiger partial charge in [-0.2, -0.15) is 0 Å². The molecule has 0 aliphatic carbocycles. The number of rotatable bonds is 4. The van der Waals surface area contributed by atoms with Crippen molar-refractivity contribution >= 4 is 17.0 Å². The molecule has 2 atom stereocenters. The summed E-state index contributed by atoms with van der Waals surface area (Å²) in [5, 5.41) is 3.99. The van der Waals surface area contributed by atoms with Crippen molar-refractivity contribution in [3.63, 3.8) is 0 Å². The molecule has 3 heterocycles. The van der Waals surface area contributed by atoms with Gasteiger partial charge in [0, 0.05) is 35.6 Å². The van der Waals surface area contributed by atoms with E-state index in [0.717, 1.165) is 5.82 Å². The number of likely N-dealkylation sites (N-methyl/N-ethyl adjacent to an activating group) is 1. The molecule has 0 saturated carbocycles. The van der Waals surface area contributed by atoms with Gasteiger partial charge in [0.1, 0.15) is 5.82 Å². The second kappa shape index (κ2) is 7.61. The van der Waals surface area contributed by atoms with E-state index in [4.69, 9.17) is 0 Å². The summed E-state index contributed by atoms with van der Waals surface area (Å²) in [7, 11) is 2.20. The van der Waals surface area contributed by atoms with E-state index in [2.05, 4.69) is 137 Å². The van der Waals surface area contributed by atoms with Crippen LogP contribution in [0.4, 0.5) is 11.5 Å². The van der Waals surface area contributed by atoms with Crippen LogP contribution in [0.3, 0.4) is 0 Å². The Bertz CT molecular complexity index is 1370. The minimum atomic E-state index is 0.124. The van der Waals surface area contributed by atoms with Gasteiger partial charge in [-0.05, 0) is 35.4 Å². The lowest BCUT2D eigenvalue weighted by Crippen LogP contribution is -2.26. The summed E-state index contributed by atoms with van der Waals surface area (Å²) in [4.78, 5) is 2.40. The zero-order valence-corrected chi connectivity index (χ0v) is 18.0. The molecule has 1 N–H and O–H groups in total. The molecule has 1 aliphatic heterocycles. The molecule has 0 bridgehead atoms. The van der Waals surface area contributed by atoms with Crippen molar-refractivity contribution in [2.45, 2.75) is 12.1 Å². The number of para-hydroxylation sites is 1. The minimum absolute atomic E-state index is 0.124. The quantitative estimate of drug-likeness (QED) is 0.343. The van der Waals surface area contributed by atoms with Crippen molar-refractivity contribution in [3.05, 3.63) is 127 Å². The second-order valence-corrected chi connectivity index (χ2v) is 8.42. The molecule has 0 saturated heterocycles. The third kappa shape index (κ3) is 2.97. The third-order valence-electron chi connectivity index (χ3n) is 6.58. The number of pyridine rings is 1. The maximum absolute atomic E-state index is 3.99. The van der Waals surface area contributed by atoms with E-state index >= 15 is 0 Å². The Hall–Kier alpha value is -3.98. The van der Waals surface area contributed by atoms with Gasteiger partial charge in [0.05, 0.1) is 12.1 Å². The number of hydrogen-bond acceptors (Lipinski definition) is 2. The van der Waals surface area contributed by atoms with Crippen molar-refractivity contribution in [1.29, 1.82) is 0 Å². The lowest BCUT2D eigenvalue weighted by molar-refractivity contribution is 0.619. The van der Waals surface area contributed by atoms with Crippen molar-refractivity contribution in [2.24, 2.45) is 0 Å². The largest absolute Gasteiger partial charge is 0.365 e. The van der Waals surface area contributed by atoms with Crippen molar-refractivity contribution in [2.75, 3.05) is 17.3 Å². The first-order chi connectivity index (χ1) is 15.8. The molecule has 3 nitrogen and oxygen atoms in total. The topological polar surface area (TPSA) is 19.7 Å². The van der Waals surface area contributed by atoms with Crippen LogP contribution >= 0.6 is 0 Å². The lowest BCUT2D eigenvalue weighted by Gasteiger charge is -2.29. The van der Waals surface area contributed by atoms with Gasteiger partial charge in [0.25, 0.3) is 0 Å². The molecule has 5 aromatic rings. The number of anilines is 2. The van der Waals surface area contributed by atoms with Crippen LogP contribution < -0.4 is 10.2 Å². The van der Waals surface area contributed by atoms with Gasteiger partial charge in [-0.15, -0.1) is 0 Å². The molecule has 2 aromatic heterocycles. The number of benzene rings is 3. The molecular weight excluding hydrogens is 390 g/mol. The fraction of sp³-hybridized carbons (Fsp3) is 0.103. The number of fused-ring (bicyclic) bond motifs is 2. The lowest BCUT2D eigenvalue weighted by atomic mass is 9.96. The Morgan fingerprint density at radius 3 is 2.22 bits per heavy atom. The fourth-order valence-electron chi connectivity index (χ4n) is 5.09. The smallest absolute Gasteiger partial charge is 0.119 e. The van der Waals surface area contributed by atoms with Gasteiger partial charge >= 0.3 is 0 Å². The van der Waals surface area contributed by atoms with Crippen LogP contribution in [-0.4, -0.2) is 11.4 Å². The first-order valence-corrected chi connectivity index (χ1v) is 11.1. The van der Waals surface area contributed by atoms with Gasteiger partial charge in [-0.3, -0.25) is 0 Å². The first kappa shape index (κ1) is 18.8. The standard InChI is InChI=1S/C29H25N3/c1-31-26-18-9-8-17-24(26)27(28(31)22-14-6-3-7-15-22)30-29-25(21-12-4-2-5-13-21)20-23-16-10-11-19-32(23)29/h2-20,27-28,30H,1H3. The van der Waals surface area contributed by atoms with Gasteiger partial charge in [0.2, 0.25) is 0 Å². The molecule has 0 amide bonds. The summed E-state index contributed by atoms with van der Waals surface area (Å²) in [6.45, 7) is 0. The molecule has 32 heavy (non-hydrogen) atoms. The fourth-order valence-corrected chi connectivity index (χ4v) is 5.09. The highest BCUT2D eigenvalue weighted by atomic mass is 15.2. The van der Waals surface area contributed by atoms with E-state index in [1.807, 2.05) is 0 Å². The van der Waals surface area contributed by atoms with E-state index in [9.17, 15) is 0 Å². The second-order valence-electron chi connectivity index (χ2n) is 8.42. The van der Waals surface area contributed by atoms with Crippen molar-refractivity contribution in [3.8, 4) is 11.1 Å². The SMILES string of the molecule is CN1c2ccccc2C(Nc2c(-c3ccccc3)cc3ccccn23)C1c1ccccc1. The van der Waals surface area contributed by atoms with Crippen molar-refractivity contribution < 1.29 is 0 Å². The molecule has 2 unspecified atom stereocenters. The molecule has 6 rings (SSSR count). The Balaban J connectivity index is 1.53. The van der Waals surface area contributed by atoms with Gasteiger partial charge < -0.3 is 14.6 Å². The highest BCUT2D eigenvalue weighted by Gasteiger charge is 2.38. The van der Waals surface area contributed by atoms with E-state index < -0.39 is 0 Å². The summed E-state index contributed by atoms with van der Waals surface area (Å²) in [6, 6.07) is 39.2. The Kier molecular flexibility index (Phi) is 4.46. The average Bonchev–Trinajstić information content (AvgIpc) is 3.36.